The Kier molecular flexibility index (Phi) is 9.46. The molecule has 0 radical (unpaired) electrons. The van der Waals surface area contributed by atoms with Gasteiger partial charge in [-0.2, -0.15) is 0 Å². The van der Waals surface area contributed by atoms with E-state index in [0.717, 1.165) is 43.0 Å². The van der Waals surface area contributed by atoms with Crippen LogP contribution < -0.4 is 9.38 Å². The summed E-state index contributed by atoms with van der Waals surface area (Å²) < 4.78 is 12.9. The van der Waals surface area contributed by atoms with Gasteiger partial charge in [-0.25, -0.2) is 0 Å². The van der Waals surface area contributed by atoms with Crippen molar-refractivity contribution in [3.8, 4) is 0 Å². The number of hydrogen-bond acceptors (Lipinski definition) is 8. The second kappa shape index (κ2) is 13.2. The number of carbonyl (C=O) groups is 3. The summed E-state index contributed by atoms with van der Waals surface area (Å²) >= 11 is -1.42. The van der Waals surface area contributed by atoms with Crippen molar-refractivity contribution in [3.05, 3.63) is 77.0 Å². The minimum atomic E-state index is -1.42. The molecule has 5 rings (SSSR count). The zero-order valence-electron chi connectivity index (χ0n) is 24.6. The van der Waals surface area contributed by atoms with Crippen molar-refractivity contribution in [2.75, 3.05) is 51.8 Å². The predicted octanol–water partition coefficient (Wildman–Crippen LogP) is 2.41. The molecule has 1 amide bonds. The number of rotatable bonds is 9. The van der Waals surface area contributed by atoms with Crippen LogP contribution in [0.4, 0.5) is 10.5 Å². The molecule has 0 bridgehead atoms. The van der Waals surface area contributed by atoms with Crippen molar-refractivity contribution in [1.82, 2.24) is 19.6 Å². The van der Waals surface area contributed by atoms with Crippen LogP contribution >= 0.6 is 0 Å². The van der Waals surface area contributed by atoms with Gasteiger partial charge < -0.3 is 0 Å². The number of ether oxygens (including phenoxy) is 2. The standard InChI is InChI=1S/C31H38AsN5O5/c1-21(2)20-42-31(40)37-26-19-36(30(39)27(41-4)22-8-6-5-7-9-22)18-25(26)28(33-37)32-29(38)23-10-12-24(13-11-23)35-16-14-34(3)15-17-35/h5-13,21,27,32H,14-20H2,1-4H3. The van der Waals surface area contributed by atoms with Crippen LogP contribution in [0, 0.1) is 5.92 Å². The van der Waals surface area contributed by atoms with Gasteiger partial charge in [-0.3, -0.25) is 0 Å². The average molecular weight is 636 g/mol. The van der Waals surface area contributed by atoms with Gasteiger partial charge in [0.05, 0.1) is 0 Å². The number of piperazine rings is 1. The van der Waals surface area contributed by atoms with Gasteiger partial charge in [-0.05, 0) is 0 Å². The fourth-order valence-electron chi connectivity index (χ4n) is 5.19. The van der Waals surface area contributed by atoms with Crippen LogP contribution in [0.3, 0.4) is 0 Å². The van der Waals surface area contributed by atoms with Crippen molar-refractivity contribution in [2.45, 2.75) is 33.0 Å². The summed E-state index contributed by atoms with van der Waals surface area (Å²) in [7, 11) is 3.63. The van der Waals surface area contributed by atoms with Crippen molar-refractivity contribution >= 4 is 42.5 Å². The summed E-state index contributed by atoms with van der Waals surface area (Å²) in [5, 5.41) is 4.58. The molecule has 1 aromatic heterocycles. The van der Waals surface area contributed by atoms with Crippen LogP contribution in [-0.2, 0) is 27.4 Å². The van der Waals surface area contributed by atoms with Gasteiger partial charge in [0.25, 0.3) is 0 Å². The topological polar surface area (TPSA) is 97.2 Å². The van der Waals surface area contributed by atoms with Crippen LogP contribution in [0.1, 0.15) is 47.1 Å². The third kappa shape index (κ3) is 6.61. The molecule has 222 valence electrons. The van der Waals surface area contributed by atoms with E-state index in [1.807, 2.05) is 68.4 Å². The second-order valence-electron chi connectivity index (χ2n) is 11.2. The number of aromatic nitrogens is 2. The number of amides is 1. The molecule has 0 spiro atoms. The molecule has 1 saturated heterocycles. The number of hydrogen-bond donors (Lipinski definition) is 0. The zero-order valence-corrected chi connectivity index (χ0v) is 26.7. The van der Waals surface area contributed by atoms with Crippen LogP contribution in [-0.4, -0.2) is 98.8 Å². The number of benzene rings is 2. The van der Waals surface area contributed by atoms with E-state index < -0.39 is 27.9 Å². The zero-order chi connectivity index (χ0) is 29.8. The minimum absolute atomic E-state index is 0.0201. The van der Waals surface area contributed by atoms with E-state index in [4.69, 9.17) is 9.47 Å². The molecule has 3 aromatic rings. The third-order valence-corrected chi connectivity index (χ3v) is 10.0. The molecule has 0 aliphatic carbocycles. The Balaban J connectivity index is 1.36. The summed E-state index contributed by atoms with van der Waals surface area (Å²) in [5.41, 5.74) is 3.85. The molecule has 10 nitrogen and oxygen atoms in total. The normalized spacial score (nSPS) is 16.3. The van der Waals surface area contributed by atoms with E-state index in [0.29, 0.717) is 15.7 Å². The number of anilines is 1. The molecular formula is C31H38AsN5O5. The first-order chi connectivity index (χ1) is 20.2. The Morgan fingerprint density at radius 1 is 0.952 bits per heavy atom. The first-order valence-electron chi connectivity index (χ1n) is 14.2. The Morgan fingerprint density at radius 2 is 1.64 bits per heavy atom. The summed E-state index contributed by atoms with van der Waals surface area (Å²) in [6.07, 6.45) is -1.37. The van der Waals surface area contributed by atoms with E-state index in [1.54, 1.807) is 4.90 Å². The molecule has 2 aromatic carbocycles. The van der Waals surface area contributed by atoms with Crippen molar-refractivity contribution < 1.29 is 23.9 Å². The van der Waals surface area contributed by atoms with Gasteiger partial charge >= 0.3 is 254 Å². The summed E-state index contributed by atoms with van der Waals surface area (Å²) in [4.78, 5) is 46.4. The Morgan fingerprint density at radius 3 is 2.29 bits per heavy atom. The van der Waals surface area contributed by atoms with E-state index in [-0.39, 0.29) is 36.1 Å². The molecule has 0 N–H and O–H groups in total. The second-order valence-corrected chi connectivity index (χ2v) is 13.6. The van der Waals surface area contributed by atoms with Gasteiger partial charge in [-0.15, -0.1) is 0 Å². The van der Waals surface area contributed by atoms with E-state index >= 15 is 0 Å². The molecule has 2 atom stereocenters. The third-order valence-electron chi connectivity index (χ3n) is 7.60. The predicted molar refractivity (Wildman–Crippen MR) is 162 cm³/mol. The Labute approximate surface area is 253 Å². The van der Waals surface area contributed by atoms with Crippen LogP contribution in [0.25, 0.3) is 0 Å². The number of likely N-dealkylation sites (N-methyl/N-ethyl adjacent to an activating group) is 1. The molecule has 11 heteroatoms. The number of methoxy groups -OCH3 is 1. The van der Waals surface area contributed by atoms with Crippen LogP contribution in [0.5, 0.6) is 0 Å². The molecule has 1 fully saturated rings. The summed E-state index contributed by atoms with van der Waals surface area (Å²) in [6.45, 7) is 8.54. The molecule has 3 heterocycles. The monoisotopic (exact) mass is 635 g/mol. The first kappa shape index (κ1) is 30.0. The number of nitrogens with zero attached hydrogens (tertiary/aromatic N) is 5. The van der Waals surface area contributed by atoms with Gasteiger partial charge in [0.15, 0.2) is 0 Å². The molecule has 0 saturated carbocycles. The molecule has 42 heavy (non-hydrogen) atoms. The van der Waals surface area contributed by atoms with Crippen LogP contribution in [0.15, 0.2) is 54.6 Å². The summed E-state index contributed by atoms with van der Waals surface area (Å²) in [5.74, 6) is -0.0500. The first-order valence-corrected chi connectivity index (χ1v) is 16.3. The van der Waals surface area contributed by atoms with Gasteiger partial charge in [-0.1, -0.05) is 0 Å². The van der Waals surface area contributed by atoms with Crippen LogP contribution in [0.2, 0.25) is 0 Å². The average Bonchev–Trinajstić information content (AvgIpc) is 3.58. The SMILES string of the molecule is COC(C(=O)N1Cc2c([AsH]C(=O)c3ccc(N4CCN(C)CC4)cc3)nn(C(=O)OCC(C)C)c2C1)c1ccccc1. The number of fused-ring (bicyclic) bond motifs is 1. The van der Waals surface area contributed by atoms with E-state index in [2.05, 4.69) is 21.9 Å². The fourth-order valence-corrected chi connectivity index (χ4v) is 7.39. The maximum atomic E-state index is 13.6. The summed E-state index contributed by atoms with van der Waals surface area (Å²) in [6, 6.07) is 17.1. The van der Waals surface area contributed by atoms with Gasteiger partial charge in [0.1, 0.15) is 0 Å². The van der Waals surface area contributed by atoms with Crippen molar-refractivity contribution in [1.29, 1.82) is 0 Å². The molecular weight excluding hydrogens is 597 g/mol. The molecule has 2 unspecified atom stereocenters. The van der Waals surface area contributed by atoms with E-state index in [1.165, 1.54) is 11.8 Å². The molecule has 2 aliphatic heterocycles. The quantitative estimate of drug-likeness (QED) is 0.331. The fraction of sp³-hybridized carbons (Fsp3) is 0.419. The van der Waals surface area contributed by atoms with Crippen molar-refractivity contribution in [2.24, 2.45) is 5.92 Å². The Bertz CT molecular complexity index is 1420. The number of carbonyl (C=O) groups excluding carboxylic acids is 3. The van der Waals surface area contributed by atoms with E-state index in [9.17, 15) is 14.4 Å². The van der Waals surface area contributed by atoms with Crippen molar-refractivity contribution in [3.63, 3.8) is 0 Å². The van der Waals surface area contributed by atoms with Gasteiger partial charge in [0, 0.05) is 0 Å². The maximum absolute atomic E-state index is 13.6. The molecule has 2 aliphatic rings. The van der Waals surface area contributed by atoms with Gasteiger partial charge in [0.2, 0.25) is 0 Å². The Hall–Kier alpha value is -3.46.